The molecule has 3 rings (SSSR count). The van der Waals surface area contributed by atoms with Crippen LogP contribution in [0.1, 0.15) is 26.3 Å². The number of hydrogen-bond acceptors (Lipinski definition) is 3. The second-order valence-corrected chi connectivity index (χ2v) is 6.82. The lowest BCUT2D eigenvalue weighted by Gasteiger charge is -2.10. The third-order valence-electron chi connectivity index (χ3n) is 3.87. The van der Waals surface area contributed by atoms with Crippen molar-refractivity contribution in [3.8, 4) is 5.75 Å². The zero-order valence-electron chi connectivity index (χ0n) is 14.9. The van der Waals surface area contributed by atoms with Crippen molar-refractivity contribution in [1.82, 2.24) is 10.9 Å². The maximum Gasteiger partial charge on any atom is 0.269 e. The molecule has 0 radical (unpaired) electrons. The Labute approximate surface area is 176 Å². The molecule has 8 heteroatoms. The van der Waals surface area contributed by atoms with Gasteiger partial charge < -0.3 is 4.74 Å². The second-order valence-electron chi connectivity index (χ2n) is 5.98. The SMILES string of the molecule is O=C(NNC(=O)c1cccc(COc2ccc(Cl)cc2Cl)c1)c1ccc(F)cc1. The summed E-state index contributed by atoms with van der Waals surface area (Å²) in [6, 6.07) is 16.6. The van der Waals surface area contributed by atoms with Crippen LogP contribution in [0.5, 0.6) is 5.75 Å². The van der Waals surface area contributed by atoms with Crippen molar-refractivity contribution in [2.45, 2.75) is 6.61 Å². The van der Waals surface area contributed by atoms with Crippen molar-refractivity contribution in [3.05, 3.63) is 99.3 Å². The molecule has 0 spiro atoms. The van der Waals surface area contributed by atoms with Gasteiger partial charge in [0.2, 0.25) is 0 Å². The van der Waals surface area contributed by atoms with Gasteiger partial charge in [0.05, 0.1) is 5.02 Å². The first-order chi connectivity index (χ1) is 13.9. The van der Waals surface area contributed by atoms with Gasteiger partial charge >= 0.3 is 0 Å². The standard InChI is InChI=1S/C21H15Cl2FN2O3/c22-16-6-9-19(18(23)11-16)29-12-13-2-1-3-15(10-13)21(28)26-25-20(27)14-4-7-17(24)8-5-14/h1-11H,12H2,(H,25,27)(H,26,28). The number of carbonyl (C=O) groups excluding carboxylic acids is 2. The van der Waals surface area contributed by atoms with Crippen LogP contribution >= 0.6 is 23.2 Å². The maximum atomic E-state index is 12.9. The topological polar surface area (TPSA) is 67.4 Å². The van der Waals surface area contributed by atoms with Crippen LogP contribution < -0.4 is 15.6 Å². The van der Waals surface area contributed by atoms with Gasteiger partial charge in [-0.3, -0.25) is 20.4 Å². The molecule has 0 aromatic heterocycles. The monoisotopic (exact) mass is 432 g/mol. The van der Waals surface area contributed by atoms with E-state index in [0.717, 1.165) is 17.7 Å². The van der Waals surface area contributed by atoms with E-state index in [-0.39, 0.29) is 12.2 Å². The van der Waals surface area contributed by atoms with Crippen LogP contribution in [0, 0.1) is 5.82 Å². The number of hydrogen-bond donors (Lipinski definition) is 2. The van der Waals surface area contributed by atoms with Crippen LogP contribution in [0.15, 0.2) is 66.7 Å². The first kappa shape index (κ1) is 20.6. The number of ether oxygens (including phenoxy) is 1. The van der Waals surface area contributed by atoms with E-state index in [0.29, 0.717) is 21.4 Å². The highest BCUT2D eigenvalue weighted by Gasteiger charge is 2.10. The van der Waals surface area contributed by atoms with Crippen molar-refractivity contribution < 1.29 is 18.7 Å². The van der Waals surface area contributed by atoms with Crippen molar-refractivity contribution in [3.63, 3.8) is 0 Å². The fraction of sp³-hybridized carbons (Fsp3) is 0.0476. The molecular weight excluding hydrogens is 418 g/mol. The van der Waals surface area contributed by atoms with E-state index in [1.54, 1.807) is 42.5 Å². The molecule has 0 unspecified atom stereocenters. The number of halogens is 3. The minimum Gasteiger partial charge on any atom is -0.487 e. The van der Waals surface area contributed by atoms with E-state index >= 15 is 0 Å². The molecule has 0 saturated heterocycles. The van der Waals surface area contributed by atoms with Crippen molar-refractivity contribution in [2.75, 3.05) is 0 Å². The molecule has 0 atom stereocenters. The van der Waals surface area contributed by atoms with Crippen LogP contribution in [-0.2, 0) is 6.61 Å². The zero-order chi connectivity index (χ0) is 20.8. The van der Waals surface area contributed by atoms with Crippen molar-refractivity contribution in [2.24, 2.45) is 0 Å². The van der Waals surface area contributed by atoms with Gasteiger partial charge in [-0.2, -0.15) is 0 Å². The largest absolute Gasteiger partial charge is 0.487 e. The van der Waals surface area contributed by atoms with Crippen LogP contribution in [0.2, 0.25) is 10.0 Å². The minimum atomic E-state index is -0.560. The van der Waals surface area contributed by atoms with Crippen LogP contribution in [0.4, 0.5) is 4.39 Å². The van der Waals surface area contributed by atoms with E-state index < -0.39 is 17.6 Å². The fourth-order valence-corrected chi connectivity index (χ4v) is 2.88. The van der Waals surface area contributed by atoms with E-state index in [2.05, 4.69) is 10.9 Å². The average Bonchev–Trinajstić information content (AvgIpc) is 2.72. The Hall–Kier alpha value is -3.09. The summed E-state index contributed by atoms with van der Waals surface area (Å²) in [7, 11) is 0. The van der Waals surface area contributed by atoms with Gasteiger partial charge in [0.15, 0.2) is 0 Å². The number of nitrogens with one attached hydrogen (secondary N) is 2. The average molecular weight is 433 g/mol. The molecule has 0 saturated carbocycles. The van der Waals surface area contributed by atoms with Crippen molar-refractivity contribution in [1.29, 1.82) is 0 Å². The minimum absolute atomic E-state index is 0.185. The normalized spacial score (nSPS) is 10.3. The first-order valence-corrected chi connectivity index (χ1v) is 9.21. The summed E-state index contributed by atoms with van der Waals surface area (Å²) in [6.07, 6.45) is 0. The maximum absolute atomic E-state index is 12.9. The molecule has 3 aromatic rings. The molecule has 148 valence electrons. The second kappa shape index (κ2) is 9.41. The molecular formula is C21H15Cl2FN2O3. The molecule has 3 aromatic carbocycles. The lowest BCUT2D eigenvalue weighted by molar-refractivity contribution is 0.0846. The highest BCUT2D eigenvalue weighted by Crippen LogP contribution is 2.28. The van der Waals surface area contributed by atoms with E-state index in [1.807, 2.05) is 0 Å². The predicted octanol–water partition coefficient (Wildman–Crippen LogP) is 4.79. The molecule has 0 aliphatic rings. The van der Waals surface area contributed by atoms with Gasteiger partial charge in [-0.15, -0.1) is 0 Å². The summed E-state index contributed by atoms with van der Waals surface area (Å²) < 4.78 is 18.6. The van der Waals surface area contributed by atoms with Gasteiger partial charge in [0.25, 0.3) is 11.8 Å². The van der Waals surface area contributed by atoms with Gasteiger partial charge in [0.1, 0.15) is 18.2 Å². The summed E-state index contributed by atoms with van der Waals surface area (Å²) >= 11 is 11.9. The highest BCUT2D eigenvalue weighted by molar-refractivity contribution is 6.35. The third-order valence-corrected chi connectivity index (χ3v) is 4.40. The summed E-state index contributed by atoms with van der Waals surface area (Å²) in [6.45, 7) is 0.185. The highest BCUT2D eigenvalue weighted by atomic mass is 35.5. The first-order valence-electron chi connectivity index (χ1n) is 8.45. The van der Waals surface area contributed by atoms with Crippen molar-refractivity contribution >= 4 is 35.0 Å². The number of hydrazine groups is 1. The smallest absolute Gasteiger partial charge is 0.269 e. The Morgan fingerprint density at radius 1 is 0.862 bits per heavy atom. The van der Waals surface area contributed by atoms with Crippen LogP contribution in [-0.4, -0.2) is 11.8 Å². The van der Waals surface area contributed by atoms with Gasteiger partial charge in [-0.25, -0.2) is 4.39 Å². The Morgan fingerprint density at radius 2 is 1.55 bits per heavy atom. The molecule has 0 bridgehead atoms. The lowest BCUT2D eigenvalue weighted by Crippen LogP contribution is -2.41. The third kappa shape index (κ3) is 5.70. The molecule has 2 N–H and O–H groups in total. The Bertz CT molecular complexity index is 1040. The van der Waals surface area contributed by atoms with Crippen LogP contribution in [0.3, 0.4) is 0 Å². The fourth-order valence-electron chi connectivity index (χ4n) is 2.41. The summed E-state index contributed by atoms with van der Waals surface area (Å²) in [5, 5.41) is 0.888. The van der Waals surface area contributed by atoms with E-state index in [4.69, 9.17) is 27.9 Å². The molecule has 0 aliphatic carbocycles. The quantitative estimate of drug-likeness (QED) is 0.569. The molecule has 5 nitrogen and oxygen atoms in total. The summed E-state index contributed by atoms with van der Waals surface area (Å²) in [5.74, 6) is -1.05. The summed E-state index contributed by atoms with van der Waals surface area (Å²) in [5.41, 5.74) is 5.88. The van der Waals surface area contributed by atoms with Gasteiger partial charge in [0, 0.05) is 16.1 Å². The van der Waals surface area contributed by atoms with Gasteiger partial charge in [-0.05, 0) is 60.2 Å². The predicted molar refractivity (Wildman–Crippen MR) is 109 cm³/mol. The molecule has 2 amide bonds. The molecule has 29 heavy (non-hydrogen) atoms. The molecule has 0 aliphatic heterocycles. The number of benzene rings is 3. The number of amides is 2. The van der Waals surface area contributed by atoms with E-state index in [1.165, 1.54) is 12.1 Å². The molecule has 0 fully saturated rings. The summed E-state index contributed by atoms with van der Waals surface area (Å²) in [4.78, 5) is 24.3. The Morgan fingerprint density at radius 3 is 2.24 bits per heavy atom. The number of carbonyl (C=O) groups is 2. The zero-order valence-corrected chi connectivity index (χ0v) is 16.4. The lowest BCUT2D eigenvalue weighted by atomic mass is 10.1. The van der Waals surface area contributed by atoms with E-state index in [9.17, 15) is 14.0 Å². The number of rotatable bonds is 5. The van der Waals surface area contributed by atoms with Crippen LogP contribution in [0.25, 0.3) is 0 Å². The Balaban J connectivity index is 1.58. The molecule has 0 heterocycles. The van der Waals surface area contributed by atoms with Gasteiger partial charge in [-0.1, -0.05) is 35.3 Å². The Kier molecular flexibility index (Phi) is 6.69.